The zero-order valence-electron chi connectivity index (χ0n) is 9.72. The molecule has 0 saturated heterocycles. The predicted molar refractivity (Wildman–Crippen MR) is 62.6 cm³/mol. The highest BCUT2D eigenvalue weighted by atomic mass is 19.4. The summed E-state index contributed by atoms with van der Waals surface area (Å²) in [4.78, 5) is 7.81. The van der Waals surface area contributed by atoms with Crippen LogP contribution in [-0.2, 0) is 6.18 Å². The quantitative estimate of drug-likeness (QED) is 0.660. The maximum atomic E-state index is 13.0. The van der Waals surface area contributed by atoms with Crippen LogP contribution in [-0.4, -0.2) is 9.97 Å². The summed E-state index contributed by atoms with van der Waals surface area (Å²) in [5.74, 6) is 5.36. The van der Waals surface area contributed by atoms with Gasteiger partial charge in [-0.2, -0.15) is 13.2 Å². The van der Waals surface area contributed by atoms with Gasteiger partial charge in [0.05, 0.1) is 23.5 Å². The van der Waals surface area contributed by atoms with Crippen molar-refractivity contribution < 1.29 is 13.2 Å². The molecule has 1 heterocycles. The lowest BCUT2D eigenvalue weighted by Crippen LogP contribution is -2.31. The largest absolute Gasteiger partial charge is 0.416 e. The van der Waals surface area contributed by atoms with Crippen LogP contribution in [0, 0.1) is 0 Å². The molecule has 2 aromatic rings. The van der Waals surface area contributed by atoms with E-state index in [1.54, 1.807) is 0 Å². The first-order valence-corrected chi connectivity index (χ1v) is 5.42. The molecule has 0 amide bonds. The zero-order valence-corrected chi connectivity index (χ0v) is 9.72. The van der Waals surface area contributed by atoms with E-state index in [2.05, 4.69) is 15.4 Å². The molecule has 0 spiro atoms. The normalized spacial score (nSPS) is 13.3. The van der Waals surface area contributed by atoms with Crippen LogP contribution in [0.2, 0.25) is 0 Å². The van der Waals surface area contributed by atoms with Crippen molar-refractivity contribution in [3.05, 3.63) is 59.7 Å². The van der Waals surface area contributed by atoms with Crippen LogP contribution in [0.15, 0.2) is 42.9 Å². The van der Waals surface area contributed by atoms with E-state index >= 15 is 0 Å². The number of benzene rings is 1. The SMILES string of the molecule is NNC(c1cnccn1)c1ccccc1C(F)(F)F. The number of nitrogens with one attached hydrogen (secondary N) is 1. The van der Waals surface area contributed by atoms with Gasteiger partial charge in [-0.1, -0.05) is 18.2 Å². The summed E-state index contributed by atoms with van der Waals surface area (Å²) in [5.41, 5.74) is 1.93. The van der Waals surface area contributed by atoms with Crippen molar-refractivity contribution in [1.82, 2.24) is 15.4 Å². The number of hydrazine groups is 1. The van der Waals surface area contributed by atoms with E-state index in [1.165, 1.54) is 36.8 Å². The molecule has 3 N–H and O–H groups in total. The van der Waals surface area contributed by atoms with Crippen molar-refractivity contribution in [3.63, 3.8) is 0 Å². The number of hydrogen-bond donors (Lipinski definition) is 2. The number of alkyl halides is 3. The summed E-state index contributed by atoms with van der Waals surface area (Å²) in [6, 6.07) is 4.35. The van der Waals surface area contributed by atoms with Gasteiger partial charge in [-0.3, -0.25) is 15.8 Å². The average Bonchev–Trinajstić information content (AvgIpc) is 2.40. The molecule has 0 radical (unpaired) electrons. The summed E-state index contributed by atoms with van der Waals surface area (Å²) in [7, 11) is 0. The lowest BCUT2D eigenvalue weighted by molar-refractivity contribution is -0.138. The van der Waals surface area contributed by atoms with Gasteiger partial charge in [0.1, 0.15) is 0 Å². The van der Waals surface area contributed by atoms with Gasteiger partial charge in [0.2, 0.25) is 0 Å². The molecule has 19 heavy (non-hydrogen) atoms. The van der Waals surface area contributed by atoms with Crippen molar-refractivity contribution in [2.24, 2.45) is 5.84 Å². The molecule has 1 unspecified atom stereocenters. The van der Waals surface area contributed by atoms with Gasteiger partial charge in [-0.05, 0) is 11.6 Å². The zero-order chi connectivity index (χ0) is 13.9. The van der Waals surface area contributed by atoms with Crippen LogP contribution in [0.4, 0.5) is 13.2 Å². The van der Waals surface area contributed by atoms with E-state index in [4.69, 9.17) is 5.84 Å². The number of nitrogens with two attached hydrogens (primary N) is 1. The summed E-state index contributed by atoms with van der Waals surface area (Å²) >= 11 is 0. The van der Waals surface area contributed by atoms with Gasteiger partial charge >= 0.3 is 6.18 Å². The van der Waals surface area contributed by atoms with Crippen LogP contribution in [0.25, 0.3) is 0 Å². The molecular formula is C12H11F3N4. The molecule has 1 aromatic carbocycles. The lowest BCUT2D eigenvalue weighted by atomic mass is 9.98. The van der Waals surface area contributed by atoms with Crippen LogP contribution in [0.1, 0.15) is 22.9 Å². The van der Waals surface area contributed by atoms with Gasteiger partial charge < -0.3 is 0 Å². The standard InChI is InChI=1S/C12H11F3N4/c13-12(14,15)9-4-2-1-3-8(9)11(19-16)10-7-17-5-6-18-10/h1-7,11,19H,16H2. The number of rotatable bonds is 3. The van der Waals surface area contributed by atoms with Crippen LogP contribution in [0.5, 0.6) is 0 Å². The molecule has 0 bridgehead atoms. The Kier molecular flexibility index (Phi) is 3.77. The molecule has 0 saturated carbocycles. The maximum absolute atomic E-state index is 13.0. The van der Waals surface area contributed by atoms with E-state index in [0.717, 1.165) is 6.07 Å². The van der Waals surface area contributed by atoms with Crippen molar-refractivity contribution in [3.8, 4) is 0 Å². The Morgan fingerprint density at radius 2 is 1.89 bits per heavy atom. The minimum atomic E-state index is -4.45. The number of hydrogen-bond acceptors (Lipinski definition) is 4. The van der Waals surface area contributed by atoms with Gasteiger partial charge in [-0.15, -0.1) is 0 Å². The maximum Gasteiger partial charge on any atom is 0.416 e. The Hall–Kier alpha value is -1.99. The van der Waals surface area contributed by atoms with Crippen molar-refractivity contribution >= 4 is 0 Å². The number of nitrogens with zero attached hydrogens (tertiary/aromatic N) is 2. The van der Waals surface area contributed by atoms with Crippen LogP contribution < -0.4 is 11.3 Å². The smallest absolute Gasteiger partial charge is 0.271 e. The van der Waals surface area contributed by atoms with Crippen LogP contribution >= 0.6 is 0 Å². The number of aromatic nitrogens is 2. The molecule has 2 rings (SSSR count). The molecule has 0 aliphatic carbocycles. The lowest BCUT2D eigenvalue weighted by Gasteiger charge is -2.20. The van der Waals surface area contributed by atoms with Crippen molar-refractivity contribution in [2.45, 2.75) is 12.2 Å². The Labute approximate surface area is 107 Å². The van der Waals surface area contributed by atoms with Crippen molar-refractivity contribution in [2.75, 3.05) is 0 Å². The second kappa shape index (κ2) is 5.33. The van der Waals surface area contributed by atoms with Gasteiger partial charge in [0.15, 0.2) is 0 Å². The third-order valence-corrected chi connectivity index (χ3v) is 2.62. The van der Waals surface area contributed by atoms with E-state index in [1.807, 2.05) is 0 Å². The molecule has 7 heteroatoms. The minimum Gasteiger partial charge on any atom is -0.271 e. The topological polar surface area (TPSA) is 63.8 Å². The van der Waals surface area contributed by atoms with Gasteiger partial charge in [0, 0.05) is 12.4 Å². The van der Waals surface area contributed by atoms with E-state index in [9.17, 15) is 13.2 Å². The van der Waals surface area contributed by atoms with Gasteiger partial charge in [0.25, 0.3) is 0 Å². The fourth-order valence-electron chi connectivity index (χ4n) is 1.80. The Morgan fingerprint density at radius 3 is 2.47 bits per heavy atom. The van der Waals surface area contributed by atoms with Crippen molar-refractivity contribution in [1.29, 1.82) is 0 Å². The number of halogens is 3. The van der Waals surface area contributed by atoms with E-state index in [0.29, 0.717) is 5.69 Å². The monoisotopic (exact) mass is 268 g/mol. The Bertz CT molecular complexity index is 542. The highest BCUT2D eigenvalue weighted by Crippen LogP contribution is 2.35. The average molecular weight is 268 g/mol. The predicted octanol–water partition coefficient (Wildman–Crippen LogP) is 2.05. The fourth-order valence-corrected chi connectivity index (χ4v) is 1.80. The highest BCUT2D eigenvalue weighted by molar-refractivity contribution is 5.36. The molecule has 0 fully saturated rings. The first-order valence-electron chi connectivity index (χ1n) is 5.42. The molecule has 100 valence electrons. The third kappa shape index (κ3) is 2.88. The minimum absolute atomic E-state index is 0.0120. The van der Waals surface area contributed by atoms with E-state index < -0.39 is 17.8 Å². The Balaban J connectivity index is 2.51. The van der Waals surface area contributed by atoms with E-state index in [-0.39, 0.29) is 5.56 Å². The molecular weight excluding hydrogens is 257 g/mol. The summed E-state index contributed by atoms with van der Waals surface area (Å²) in [6.07, 6.45) is -0.242. The Morgan fingerprint density at radius 1 is 1.16 bits per heavy atom. The summed E-state index contributed by atoms with van der Waals surface area (Å²) in [6.45, 7) is 0. The summed E-state index contributed by atoms with van der Waals surface area (Å²) in [5, 5.41) is 0. The second-order valence-electron chi connectivity index (χ2n) is 3.81. The summed E-state index contributed by atoms with van der Waals surface area (Å²) < 4.78 is 38.9. The van der Waals surface area contributed by atoms with Gasteiger partial charge in [-0.25, -0.2) is 5.43 Å². The first kappa shape index (κ1) is 13.4. The highest BCUT2D eigenvalue weighted by Gasteiger charge is 2.35. The molecule has 4 nitrogen and oxygen atoms in total. The molecule has 1 atom stereocenters. The second-order valence-corrected chi connectivity index (χ2v) is 3.81. The third-order valence-electron chi connectivity index (χ3n) is 2.62. The first-order chi connectivity index (χ1) is 9.04. The van der Waals surface area contributed by atoms with Crippen LogP contribution in [0.3, 0.4) is 0 Å². The molecule has 1 aromatic heterocycles. The molecule has 0 aliphatic heterocycles. The molecule has 0 aliphatic rings. The fraction of sp³-hybridized carbons (Fsp3) is 0.167.